The number of furan rings is 1. The van der Waals surface area contributed by atoms with Crippen LogP contribution in [0.1, 0.15) is 0 Å². The number of aromatic hydroxyl groups is 1. The van der Waals surface area contributed by atoms with E-state index in [-0.39, 0.29) is 5.75 Å². The summed E-state index contributed by atoms with van der Waals surface area (Å²) < 4.78 is 6.19. The number of hydrogen-bond donors (Lipinski definition) is 1. The summed E-state index contributed by atoms with van der Waals surface area (Å²) >= 11 is 0. The van der Waals surface area contributed by atoms with Gasteiger partial charge in [-0.25, -0.2) is 0 Å². The van der Waals surface area contributed by atoms with E-state index in [1.807, 2.05) is 18.2 Å². The van der Waals surface area contributed by atoms with Gasteiger partial charge in [-0.1, -0.05) is 127 Å². The molecule has 0 saturated heterocycles. The van der Waals surface area contributed by atoms with Gasteiger partial charge in [-0.2, -0.15) is 0 Å². The van der Waals surface area contributed by atoms with Crippen molar-refractivity contribution in [2.45, 2.75) is 0 Å². The van der Waals surface area contributed by atoms with Crippen molar-refractivity contribution < 1.29 is 9.52 Å². The van der Waals surface area contributed by atoms with Crippen LogP contribution in [0.15, 0.2) is 156 Å². The number of hydrogen-bond acceptors (Lipinski definition) is 2. The molecule has 0 radical (unpaired) electrons. The van der Waals surface area contributed by atoms with E-state index < -0.39 is 0 Å². The standard InChI is InChI=1S/C44H26O2/c45-38-23-22-36-29-13-2-1-11-27(29)28-12-3-4-15-31(28)42(36)44(38)43-34-18-7-5-16-32(34)41(33-17-6-8-19-35(33)43)26-21-24-40-37(25-26)30-14-9-10-20-39(30)46-40/h1-25,45H. The first-order valence-electron chi connectivity index (χ1n) is 15.7. The van der Waals surface area contributed by atoms with E-state index in [0.29, 0.717) is 0 Å². The van der Waals surface area contributed by atoms with Gasteiger partial charge in [-0.05, 0) is 83.9 Å². The topological polar surface area (TPSA) is 33.4 Å². The lowest BCUT2D eigenvalue weighted by Crippen LogP contribution is -1.93. The third-order valence-corrected chi connectivity index (χ3v) is 9.73. The van der Waals surface area contributed by atoms with Crippen molar-refractivity contribution in [1.82, 2.24) is 0 Å². The fourth-order valence-corrected chi connectivity index (χ4v) is 7.83. The highest BCUT2D eigenvalue weighted by molar-refractivity contribution is 6.32. The number of para-hydroxylation sites is 1. The molecule has 0 saturated carbocycles. The Bertz CT molecular complexity index is 2780. The maximum Gasteiger partial charge on any atom is 0.135 e. The van der Waals surface area contributed by atoms with Crippen LogP contribution in [0.4, 0.5) is 0 Å². The van der Waals surface area contributed by atoms with Crippen molar-refractivity contribution in [3.63, 3.8) is 0 Å². The zero-order chi connectivity index (χ0) is 30.4. The summed E-state index contributed by atoms with van der Waals surface area (Å²) in [4.78, 5) is 0. The molecule has 46 heavy (non-hydrogen) atoms. The van der Waals surface area contributed by atoms with Gasteiger partial charge in [0, 0.05) is 27.3 Å². The van der Waals surface area contributed by atoms with Crippen LogP contribution in [0.2, 0.25) is 0 Å². The Morgan fingerprint density at radius 3 is 1.41 bits per heavy atom. The van der Waals surface area contributed by atoms with Crippen molar-refractivity contribution in [1.29, 1.82) is 0 Å². The molecule has 1 N–H and O–H groups in total. The average Bonchev–Trinajstić information content (AvgIpc) is 3.49. The van der Waals surface area contributed by atoms with Gasteiger partial charge in [-0.3, -0.25) is 0 Å². The first kappa shape index (κ1) is 25.2. The van der Waals surface area contributed by atoms with Gasteiger partial charge in [0.05, 0.1) is 0 Å². The maximum absolute atomic E-state index is 11.9. The summed E-state index contributed by atoms with van der Waals surface area (Å²) in [6.45, 7) is 0. The zero-order valence-corrected chi connectivity index (χ0v) is 24.8. The second-order valence-electron chi connectivity index (χ2n) is 12.1. The van der Waals surface area contributed by atoms with Crippen LogP contribution in [0, 0.1) is 0 Å². The van der Waals surface area contributed by atoms with E-state index in [1.54, 1.807) is 0 Å². The minimum atomic E-state index is 0.280. The van der Waals surface area contributed by atoms with Crippen LogP contribution in [0.5, 0.6) is 5.75 Å². The van der Waals surface area contributed by atoms with Crippen LogP contribution in [0.3, 0.4) is 0 Å². The Morgan fingerprint density at radius 2 is 0.783 bits per heavy atom. The summed E-state index contributed by atoms with van der Waals surface area (Å²) in [5, 5.41) is 25.5. The Labute approximate surface area is 264 Å². The lowest BCUT2D eigenvalue weighted by Gasteiger charge is -2.21. The van der Waals surface area contributed by atoms with Crippen LogP contribution in [0.25, 0.3) is 98.1 Å². The molecule has 0 unspecified atom stereocenters. The molecule has 214 valence electrons. The summed E-state index contributed by atoms with van der Waals surface area (Å²) in [6, 6.07) is 53.2. The molecule has 10 aromatic rings. The van der Waals surface area contributed by atoms with Crippen molar-refractivity contribution in [3.8, 4) is 28.0 Å². The highest BCUT2D eigenvalue weighted by Crippen LogP contribution is 2.50. The molecule has 1 aromatic heterocycles. The first-order valence-corrected chi connectivity index (χ1v) is 15.7. The summed E-state index contributed by atoms with van der Waals surface area (Å²) in [7, 11) is 0. The van der Waals surface area contributed by atoms with Gasteiger partial charge >= 0.3 is 0 Å². The monoisotopic (exact) mass is 586 g/mol. The normalized spacial score (nSPS) is 12.0. The molecule has 0 spiro atoms. The number of phenolic OH excluding ortho intramolecular Hbond substituents is 1. The lowest BCUT2D eigenvalue weighted by atomic mass is 9.82. The van der Waals surface area contributed by atoms with Crippen molar-refractivity contribution in [2.75, 3.05) is 0 Å². The minimum absolute atomic E-state index is 0.280. The van der Waals surface area contributed by atoms with Crippen molar-refractivity contribution in [3.05, 3.63) is 152 Å². The van der Waals surface area contributed by atoms with E-state index in [2.05, 4.69) is 133 Å². The Balaban J connectivity index is 1.39. The summed E-state index contributed by atoms with van der Waals surface area (Å²) in [5.74, 6) is 0.280. The predicted molar refractivity (Wildman–Crippen MR) is 194 cm³/mol. The molecule has 9 aromatic carbocycles. The first-order chi connectivity index (χ1) is 22.8. The molecule has 0 atom stereocenters. The molecular weight excluding hydrogens is 560 g/mol. The van der Waals surface area contributed by atoms with Crippen molar-refractivity contribution in [2.24, 2.45) is 0 Å². The number of fused-ring (bicyclic) bond motifs is 11. The smallest absolute Gasteiger partial charge is 0.135 e. The maximum atomic E-state index is 11.9. The van der Waals surface area contributed by atoms with E-state index in [1.165, 1.54) is 21.7 Å². The molecule has 0 amide bonds. The van der Waals surface area contributed by atoms with Crippen LogP contribution < -0.4 is 0 Å². The molecule has 0 aliphatic carbocycles. The fraction of sp³-hybridized carbons (Fsp3) is 0. The van der Waals surface area contributed by atoms with Gasteiger partial charge in [0.15, 0.2) is 0 Å². The van der Waals surface area contributed by atoms with Gasteiger partial charge in [-0.15, -0.1) is 0 Å². The average molecular weight is 587 g/mol. The van der Waals surface area contributed by atoms with Crippen LogP contribution in [-0.2, 0) is 0 Å². The number of benzene rings is 9. The summed E-state index contributed by atoms with van der Waals surface area (Å²) in [6.07, 6.45) is 0. The Hall–Kier alpha value is -6.12. The second-order valence-corrected chi connectivity index (χ2v) is 12.1. The minimum Gasteiger partial charge on any atom is -0.507 e. The van der Waals surface area contributed by atoms with E-state index in [9.17, 15) is 5.11 Å². The Kier molecular flexibility index (Phi) is 5.18. The third kappa shape index (κ3) is 3.41. The van der Waals surface area contributed by atoms with Gasteiger partial charge in [0.25, 0.3) is 0 Å². The third-order valence-electron chi connectivity index (χ3n) is 9.73. The number of phenols is 1. The molecule has 1 heterocycles. The number of rotatable bonds is 2. The molecule has 2 heteroatoms. The SMILES string of the molecule is Oc1ccc2c3ccccc3c3ccccc3c2c1-c1c2ccccc2c(-c2ccc3oc4ccccc4c3c2)c2ccccc12. The molecule has 2 nitrogen and oxygen atoms in total. The summed E-state index contributed by atoms with van der Waals surface area (Å²) in [5.41, 5.74) is 6.01. The Morgan fingerprint density at radius 1 is 0.326 bits per heavy atom. The zero-order valence-electron chi connectivity index (χ0n) is 24.8. The highest BCUT2D eigenvalue weighted by Gasteiger charge is 2.22. The molecule has 0 aliphatic rings. The largest absolute Gasteiger partial charge is 0.507 e. The predicted octanol–water partition coefficient (Wildman–Crippen LogP) is 12.4. The fourth-order valence-electron chi connectivity index (χ4n) is 7.83. The van der Waals surface area contributed by atoms with Gasteiger partial charge in [0.2, 0.25) is 0 Å². The van der Waals surface area contributed by atoms with Gasteiger partial charge < -0.3 is 9.52 Å². The second kappa shape index (κ2) is 9.44. The highest BCUT2D eigenvalue weighted by atomic mass is 16.3. The molecular formula is C44H26O2. The lowest BCUT2D eigenvalue weighted by molar-refractivity contribution is 0.478. The van der Waals surface area contributed by atoms with E-state index >= 15 is 0 Å². The van der Waals surface area contributed by atoms with E-state index in [4.69, 9.17) is 4.42 Å². The molecule has 0 fully saturated rings. The molecule has 0 bridgehead atoms. The molecule has 10 rings (SSSR count). The van der Waals surface area contributed by atoms with Crippen LogP contribution in [-0.4, -0.2) is 5.11 Å². The molecule has 0 aliphatic heterocycles. The van der Waals surface area contributed by atoms with Crippen molar-refractivity contribution >= 4 is 75.8 Å². The quantitative estimate of drug-likeness (QED) is 0.161. The van der Waals surface area contributed by atoms with Gasteiger partial charge in [0.1, 0.15) is 16.9 Å². The van der Waals surface area contributed by atoms with E-state index in [0.717, 1.165) is 76.3 Å². The van der Waals surface area contributed by atoms with Crippen LogP contribution >= 0.6 is 0 Å².